The maximum absolute atomic E-state index is 12.2. The van der Waals surface area contributed by atoms with Crippen LogP contribution in [0.25, 0.3) is 0 Å². The lowest BCUT2D eigenvalue weighted by molar-refractivity contribution is 0.310. The van der Waals surface area contributed by atoms with Crippen LogP contribution in [0, 0.1) is 0 Å². The molecular formula is C11H14ClNO4S2. The second-order valence-corrected chi connectivity index (χ2v) is 9.21. The van der Waals surface area contributed by atoms with Crippen LogP contribution in [0.4, 0.5) is 0 Å². The largest absolute Gasteiger partial charge is 0.244 e. The van der Waals surface area contributed by atoms with E-state index in [1.807, 2.05) is 0 Å². The third-order valence-corrected chi connectivity index (χ3v) is 7.63. The normalized spacial score (nSPS) is 18.2. The van der Waals surface area contributed by atoms with E-state index < -0.39 is 25.1 Å². The van der Waals surface area contributed by atoms with Crippen LogP contribution in [0.5, 0.6) is 0 Å². The molecule has 8 heteroatoms. The molecule has 1 aliphatic heterocycles. The number of nitrogens with zero attached hydrogens (tertiary/aromatic N) is 1. The van der Waals surface area contributed by atoms with Crippen molar-refractivity contribution < 1.29 is 16.8 Å². The molecule has 0 aliphatic carbocycles. The highest BCUT2D eigenvalue weighted by atomic mass is 35.5. The summed E-state index contributed by atoms with van der Waals surface area (Å²) in [6.07, 6.45) is 0. The molecule has 1 aromatic carbocycles. The van der Waals surface area contributed by atoms with E-state index in [1.54, 1.807) is 19.1 Å². The van der Waals surface area contributed by atoms with E-state index in [4.69, 9.17) is 11.6 Å². The summed E-state index contributed by atoms with van der Waals surface area (Å²) in [6, 6.07) is 6.13. The van der Waals surface area contributed by atoms with E-state index in [0.29, 0.717) is 0 Å². The summed E-state index contributed by atoms with van der Waals surface area (Å²) in [5.41, 5.74) is 0. The highest BCUT2D eigenvalue weighted by Crippen LogP contribution is 2.29. The average Bonchev–Trinajstić information content (AvgIpc) is 2.26. The number of rotatable bonds is 4. The van der Waals surface area contributed by atoms with Crippen LogP contribution in [-0.4, -0.2) is 45.2 Å². The molecule has 106 valence electrons. The van der Waals surface area contributed by atoms with E-state index in [0.717, 1.165) is 4.31 Å². The molecule has 0 bridgehead atoms. The Morgan fingerprint density at radius 3 is 2.32 bits per heavy atom. The fourth-order valence-corrected chi connectivity index (χ4v) is 5.35. The highest BCUT2D eigenvalue weighted by molar-refractivity contribution is 7.92. The van der Waals surface area contributed by atoms with Crippen molar-refractivity contribution in [1.82, 2.24) is 4.31 Å². The molecule has 5 nitrogen and oxygen atoms in total. The van der Waals surface area contributed by atoms with Crippen molar-refractivity contribution in [1.29, 1.82) is 0 Å². The topological polar surface area (TPSA) is 71.5 Å². The van der Waals surface area contributed by atoms with Crippen molar-refractivity contribution >= 4 is 31.5 Å². The number of sulfonamides is 1. The summed E-state index contributed by atoms with van der Waals surface area (Å²) in [5.74, 6) is 0.0254. The standard InChI is InChI=1S/C11H14ClNO4S2/c1-2-18(14,15)9-7-13(8-9)19(16,17)11-6-4-3-5-10(11)12/h3-6,9H,2,7-8H2,1H3. The van der Waals surface area contributed by atoms with Crippen molar-refractivity contribution in [3.05, 3.63) is 29.3 Å². The van der Waals surface area contributed by atoms with Crippen molar-refractivity contribution in [2.75, 3.05) is 18.8 Å². The quantitative estimate of drug-likeness (QED) is 0.833. The van der Waals surface area contributed by atoms with E-state index in [9.17, 15) is 16.8 Å². The summed E-state index contributed by atoms with van der Waals surface area (Å²) < 4.78 is 48.9. The minimum absolute atomic E-state index is 0.00370. The number of hydrogen-bond acceptors (Lipinski definition) is 4. The number of benzene rings is 1. The fraction of sp³-hybridized carbons (Fsp3) is 0.455. The molecule has 0 amide bonds. The first-order valence-electron chi connectivity index (χ1n) is 5.75. The number of sulfone groups is 1. The van der Waals surface area contributed by atoms with Gasteiger partial charge in [0.15, 0.2) is 9.84 Å². The van der Waals surface area contributed by atoms with Gasteiger partial charge < -0.3 is 0 Å². The van der Waals surface area contributed by atoms with Crippen LogP contribution in [-0.2, 0) is 19.9 Å². The smallest absolute Gasteiger partial charge is 0.228 e. The monoisotopic (exact) mass is 323 g/mol. The van der Waals surface area contributed by atoms with Crippen molar-refractivity contribution in [3.8, 4) is 0 Å². The first-order chi connectivity index (χ1) is 8.79. The maximum Gasteiger partial charge on any atom is 0.244 e. The second kappa shape index (κ2) is 5.05. The summed E-state index contributed by atoms with van der Waals surface area (Å²) in [6.45, 7) is 1.56. The van der Waals surface area contributed by atoms with Crippen molar-refractivity contribution in [2.45, 2.75) is 17.1 Å². The Morgan fingerprint density at radius 1 is 1.21 bits per heavy atom. The maximum atomic E-state index is 12.2. The van der Waals surface area contributed by atoms with E-state index >= 15 is 0 Å². The van der Waals surface area contributed by atoms with Crippen LogP contribution in [0.15, 0.2) is 29.2 Å². The van der Waals surface area contributed by atoms with Gasteiger partial charge in [0.25, 0.3) is 0 Å². The van der Waals surface area contributed by atoms with Gasteiger partial charge in [-0.2, -0.15) is 4.31 Å². The summed E-state index contributed by atoms with van der Waals surface area (Å²) in [4.78, 5) is 0.0176. The second-order valence-electron chi connectivity index (χ2n) is 4.33. The van der Waals surface area contributed by atoms with Gasteiger partial charge in [0.05, 0.1) is 10.3 Å². The average molecular weight is 324 g/mol. The molecule has 1 aliphatic rings. The van der Waals surface area contributed by atoms with Crippen LogP contribution < -0.4 is 0 Å². The molecule has 0 aromatic heterocycles. The van der Waals surface area contributed by atoms with Crippen LogP contribution in [0.3, 0.4) is 0 Å². The molecule has 1 saturated heterocycles. The lowest BCUT2D eigenvalue weighted by Crippen LogP contribution is -2.57. The molecule has 2 rings (SSSR count). The first kappa shape index (κ1) is 14.8. The van der Waals surface area contributed by atoms with Gasteiger partial charge in [0.1, 0.15) is 4.90 Å². The van der Waals surface area contributed by atoms with Crippen LogP contribution >= 0.6 is 11.6 Å². The molecule has 1 heterocycles. The lowest BCUT2D eigenvalue weighted by Gasteiger charge is -2.37. The molecule has 1 aromatic rings. The summed E-state index contributed by atoms with van der Waals surface area (Å²) in [7, 11) is -6.88. The summed E-state index contributed by atoms with van der Waals surface area (Å²) >= 11 is 5.86. The summed E-state index contributed by atoms with van der Waals surface area (Å²) in [5, 5.41) is -0.459. The third-order valence-electron chi connectivity index (χ3n) is 3.18. The zero-order valence-corrected chi connectivity index (χ0v) is 12.7. The molecule has 0 spiro atoms. The Kier molecular flexibility index (Phi) is 3.92. The van der Waals surface area contributed by atoms with Gasteiger partial charge in [-0.3, -0.25) is 0 Å². The fourth-order valence-electron chi connectivity index (χ4n) is 1.85. The van der Waals surface area contributed by atoms with Gasteiger partial charge in [-0.05, 0) is 12.1 Å². The van der Waals surface area contributed by atoms with Crippen LogP contribution in [0.2, 0.25) is 5.02 Å². The Bertz CT molecular complexity index is 678. The zero-order valence-electron chi connectivity index (χ0n) is 10.3. The highest BCUT2D eigenvalue weighted by Gasteiger charge is 2.43. The number of halogens is 1. The van der Waals surface area contributed by atoms with Gasteiger partial charge >= 0.3 is 0 Å². The van der Waals surface area contributed by atoms with Crippen molar-refractivity contribution in [3.63, 3.8) is 0 Å². The predicted octanol–water partition coefficient (Wildman–Crippen LogP) is 1.15. The molecular weight excluding hydrogens is 310 g/mol. The molecule has 0 radical (unpaired) electrons. The Hall–Kier alpha value is -0.630. The molecule has 0 unspecified atom stereocenters. The SMILES string of the molecule is CCS(=O)(=O)C1CN(S(=O)(=O)c2ccccc2Cl)C1. The molecule has 1 fully saturated rings. The predicted molar refractivity (Wildman–Crippen MR) is 73.5 cm³/mol. The number of hydrogen-bond donors (Lipinski definition) is 0. The molecule has 0 atom stereocenters. The Morgan fingerprint density at radius 2 is 1.79 bits per heavy atom. The lowest BCUT2D eigenvalue weighted by atomic mass is 10.3. The zero-order chi connectivity index (χ0) is 14.3. The Labute approximate surface area is 118 Å². The van der Waals surface area contributed by atoms with Crippen molar-refractivity contribution in [2.24, 2.45) is 0 Å². The van der Waals surface area contributed by atoms with Gasteiger partial charge in [0.2, 0.25) is 10.0 Å². The van der Waals surface area contributed by atoms with E-state index in [2.05, 4.69) is 0 Å². The first-order valence-corrected chi connectivity index (χ1v) is 9.28. The van der Waals surface area contributed by atoms with Crippen LogP contribution in [0.1, 0.15) is 6.92 Å². The van der Waals surface area contributed by atoms with E-state index in [-0.39, 0.29) is 28.8 Å². The van der Waals surface area contributed by atoms with Gasteiger partial charge in [-0.1, -0.05) is 30.7 Å². The molecule has 0 N–H and O–H groups in total. The van der Waals surface area contributed by atoms with E-state index in [1.165, 1.54) is 12.1 Å². The molecule has 19 heavy (non-hydrogen) atoms. The third kappa shape index (κ3) is 2.65. The molecule has 0 saturated carbocycles. The van der Waals surface area contributed by atoms with Gasteiger partial charge in [-0.25, -0.2) is 16.8 Å². The van der Waals surface area contributed by atoms with Gasteiger partial charge in [0, 0.05) is 18.8 Å². The minimum Gasteiger partial charge on any atom is -0.228 e. The van der Waals surface area contributed by atoms with Gasteiger partial charge in [-0.15, -0.1) is 0 Å². The Balaban J connectivity index is 2.20. The minimum atomic E-state index is -3.70.